The van der Waals surface area contributed by atoms with E-state index in [4.69, 9.17) is 10.7 Å². The van der Waals surface area contributed by atoms with Gasteiger partial charge in [0.1, 0.15) is 5.75 Å². The Balaban J connectivity index is 3.02. The SMILES string of the molecule is O=S(Cl)c1ccccc1OC(F)(F)F. The average molecular weight is 245 g/mol. The Kier molecular flexibility index (Phi) is 3.38. The van der Waals surface area contributed by atoms with Crippen LogP contribution in [0.15, 0.2) is 29.2 Å². The minimum Gasteiger partial charge on any atom is -0.404 e. The van der Waals surface area contributed by atoms with Crippen molar-refractivity contribution >= 4 is 20.7 Å². The van der Waals surface area contributed by atoms with Crippen molar-refractivity contribution in [1.82, 2.24) is 0 Å². The summed E-state index contributed by atoms with van der Waals surface area (Å²) >= 11 is 0. The molecule has 7 heteroatoms. The third-order valence-corrected chi connectivity index (χ3v) is 2.43. The highest BCUT2D eigenvalue weighted by Crippen LogP contribution is 2.29. The molecule has 1 unspecified atom stereocenters. The number of hydrogen-bond acceptors (Lipinski definition) is 2. The van der Waals surface area contributed by atoms with Crippen LogP contribution in [0, 0.1) is 0 Å². The quantitative estimate of drug-likeness (QED) is 0.748. The first-order valence-corrected chi connectivity index (χ1v) is 5.30. The lowest BCUT2D eigenvalue weighted by atomic mass is 10.3. The van der Waals surface area contributed by atoms with Crippen molar-refractivity contribution in [3.05, 3.63) is 24.3 Å². The van der Waals surface area contributed by atoms with Crippen molar-refractivity contribution in [2.75, 3.05) is 0 Å². The second-order valence-corrected chi connectivity index (χ2v) is 3.95. The zero-order valence-electron chi connectivity index (χ0n) is 6.55. The maximum Gasteiger partial charge on any atom is 0.573 e. The Hall–Kier alpha value is -0.750. The van der Waals surface area contributed by atoms with Crippen molar-refractivity contribution in [1.29, 1.82) is 0 Å². The van der Waals surface area contributed by atoms with E-state index in [9.17, 15) is 17.4 Å². The highest BCUT2D eigenvalue weighted by Gasteiger charge is 2.32. The van der Waals surface area contributed by atoms with E-state index in [2.05, 4.69) is 4.74 Å². The fourth-order valence-corrected chi connectivity index (χ4v) is 1.63. The monoisotopic (exact) mass is 244 g/mol. The first-order chi connectivity index (χ1) is 6.40. The molecule has 1 rings (SSSR count). The highest BCUT2D eigenvalue weighted by atomic mass is 35.7. The van der Waals surface area contributed by atoms with E-state index in [0.717, 1.165) is 6.07 Å². The Labute approximate surface area is 84.6 Å². The van der Waals surface area contributed by atoms with Gasteiger partial charge in [-0.2, -0.15) is 0 Å². The average Bonchev–Trinajstić information content (AvgIpc) is 2.01. The first kappa shape index (κ1) is 11.3. The van der Waals surface area contributed by atoms with E-state index in [0.29, 0.717) is 0 Å². The molecule has 0 aliphatic carbocycles. The van der Waals surface area contributed by atoms with Crippen LogP contribution in [-0.4, -0.2) is 10.6 Å². The van der Waals surface area contributed by atoms with Gasteiger partial charge in [-0.25, -0.2) is 4.21 Å². The van der Waals surface area contributed by atoms with Crippen LogP contribution in [0.2, 0.25) is 0 Å². The lowest BCUT2D eigenvalue weighted by Gasteiger charge is -2.10. The topological polar surface area (TPSA) is 26.3 Å². The number of alkyl halides is 3. The molecule has 0 saturated heterocycles. The van der Waals surface area contributed by atoms with Crippen molar-refractivity contribution in [2.24, 2.45) is 0 Å². The summed E-state index contributed by atoms with van der Waals surface area (Å²) in [6.07, 6.45) is -4.81. The van der Waals surface area contributed by atoms with Gasteiger partial charge in [-0.3, -0.25) is 0 Å². The summed E-state index contributed by atoms with van der Waals surface area (Å²) in [7, 11) is 3.13. The number of para-hydroxylation sites is 1. The van der Waals surface area contributed by atoms with E-state index < -0.39 is 22.1 Å². The van der Waals surface area contributed by atoms with Gasteiger partial charge in [0, 0.05) is 0 Å². The van der Waals surface area contributed by atoms with Crippen molar-refractivity contribution in [3.8, 4) is 5.75 Å². The van der Waals surface area contributed by atoms with E-state index >= 15 is 0 Å². The van der Waals surface area contributed by atoms with Gasteiger partial charge in [-0.05, 0) is 22.8 Å². The maximum absolute atomic E-state index is 11.8. The fraction of sp³-hybridized carbons (Fsp3) is 0.143. The largest absolute Gasteiger partial charge is 0.573 e. The van der Waals surface area contributed by atoms with Crippen LogP contribution >= 0.6 is 10.7 Å². The molecule has 0 aliphatic heterocycles. The number of halogens is 4. The zero-order valence-corrected chi connectivity index (χ0v) is 8.12. The van der Waals surface area contributed by atoms with Crippen LogP contribution < -0.4 is 4.74 Å². The first-order valence-electron chi connectivity index (χ1n) is 3.33. The van der Waals surface area contributed by atoms with Gasteiger partial charge in [0.15, 0.2) is 10.0 Å². The lowest BCUT2D eigenvalue weighted by Crippen LogP contribution is -2.17. The van der Waals surface area contributed by atoms with E-state index in [1.165, 1.54) is 18.2 Å². The van der Waals surface area contributed by atoms with Gasteiger partial charge in [0.2, 0.25) is 0 Å². The molecule has 0 amide bonds. The Morgan fingerprint density at radius 2 is 1.86 bits per heavy atom. The van der Waals surface area contributed by atoms with Gasteiger partial charge < -0.3 is 4.74 Å². The predicted octanol–water partition coefficient (Wildman–Crippen LogP) is 2.85. The number of rotatable bonds is 2. The Bertz CT molecular complexity index is 353. The minimum absolute atomic E-state index is 0.202. The number of hydrogen-bond donors (Lipinski definition) is 0. The fourth-order valence-electron chi connectivity index (χ4n) is 0.792. The van der Waals surface area contributed by atoms with Crippen LogP contribution in [0.1, 0.15) is 0 Å². The molecule has 2 nitrogen and oxygen atoms in total. The molecular weight excluding hydrogens is 241 g/mol. The Morgan fingerprint density at radius 3 is 2.36 bits per heavy atom. The van der Waals surface area contributed by atoms with Gasteiger partial charge in [0.05, 0.1) is 4.90 Å². The molecule has 78 valence electrons. The molecule has 0 spiro atoms. The van der Waals surface area contributed by atoms with E-state index in [1.54, 1.807) is 0 Å². The van der Waals surface area contributed by atoms with Gasteiger partial charge in [-0.1, -0.05) is 12.1 Å². The number of ether oxygens (including phenoxy) is 1. The third-order valence-electron chi connectivity index (χ3n) is 1.25. The van der Waals surface area contributed by atoms with Gasteiger partial charge in [-0.15, -0.1) is 13.2 Å². The molecule has 0 heterocycles. The maximum atomic E-state index is 11.8. The summed E-state index contributed by atoms with van der Waals surface area (Å²) in [6.45, 7) is 0. The van der Waals surface area contributed by atoms with Crippen molar-refractivity contribution in [3.63, 3.8) is 0 Å². The molecule has 0 radical (unpaired) electrons. The molecular formula is C7H4ClF3O2S. The molecule has 0 fully saturated rings. The molecule has 0 saturated carbocycles. The molecule has 1 atom stereocenters. The summed E-state index contributed by atoms with van der Waals surface area (Å²) < 4.78 is 49.9. The molecule has 0 aliphatic rings. The third kappa shape index (κ3) is 3.19. The summed E-state index contributed by atoms with van der Waals surface area (Å²) in [6, 6.07) is 4.99. The number of benzene rings is 1. The van der Waals surface area contributed by atoms with E-state index in [1.807, 2.05) is 0 Å². The predicted molar refractivity (Wildman–Crippen MR) is 45.4 cm³/mol. The summed E-state index contributed by atoms with van der Waals surface area (Å²) in [5, 5.41) is 0. The van der Waals surface area contributed by atoms with E-state index in [-0.39, 0.29) is 4.90 Å². The lowest BCUT2D eigenvalue weighted by molar-refractivity contribution is -0.275. The van der Waals surface area contributed by atoms with Crippen LogP contribution in [0.5, 0.6) is 5.75 Å². The zero-order chi connectivity index (χ0) is 10.8. The normalized spacial score (nSPS) is 13.7. The van der Waals surface area contributed by atoms with Crippen LogP contribution in [0.3, 0.4) is 0 Å². The van der Waals surface area contributed by atoms with Crippen molar-refractivity contribution < 1.29 is 22.1 Å². The molecule has 1 aromatic carbocycles. The molecule has 14 heavy (non-hydrogen) atoms. The molecule has 0 aromatic heterocycles. The van der Waals surface area contributed by atoms with Gasteiger partial charge in [0.25, 0.3) is 0 Å². The summed E-state index contributed by atoms with van der Waals surface area (Å²) in [4.78, 5) is -0.202. The second-order valence-electron chi connectivity index (χ2n) is 2.22. The van der Waals surface area contributed by atoms with Gasteiger partial charge >= 0.3 is 6.36 Å². The molecule has 0 N–H and O–H groups in total. The summed E-state index contributed by atoms with van der Waals surface area (Å²) in [5.74, 6) is -0.548. The van der Waals surface area contributed by atoms with Crippen molar-refractivity contribution in [2.45, 2.75) is 11.3 Å². The Morgan fingerprint density at radius 1 is 1.29 bits per heavy atom. The van der Waals surface area contributed by atoms with Crippen LogP contribution in [-0.2, 0) is 10.0 Å². The molecule has 0 bridgehead atoms. The summed E-state index contributed by atoms with van der Waals surface area (Å²) in [5.41, 5.74) is 0. The smallest absolute Gasteiger partial charge is 0.404 e. The van der Waals surface area contributed by atoms with Crippen LogP contribution in [0.25, 0.3) is 0 Å². The second kappa shape index (κ2) is 4.18. The van der Waals surface area contributed by atoms with Crippen LogP contribution in [0.4, 0.5) is 13.2 Å². The minimum atomic E-state index is -4.81. The highest BCUT2D eigenvalue weighted by molar-refractivity contribution is 8.08. The standard InChI is InChI=1S/C7H4ClF3O2S/c8-14(12)6-4-2-1-3-5(6)13-7(9,10)11/h1-4H. The molecule has 1 aromatic rings.